The first-order valence-corrected chi connectivity index (χ1v) is 20.1. The number of carbonyl (C=O) groups is 3. The van der Waals surface area contributed by atoms with E-state index in [0.29, 0.717) is 43.2 Å². The summed E-state index contributed by atoms with van der Waals surface area (Å²) in [5.41, 5.74) is 11.3. The predicted molar refractivity (Wildman–Crippen MR) is 218 cm³/mol. The third kappa shape index (κ3) is 7.03. The van der Waals surface area contributed by atoms with Crippen molar-refractivity contribution in [1.82, 2.24) is 9.88 Å². The summed E-state index contributed by atoms with van der Waals surface area (Å²) >= 11 is 0. The van der Waals surface area contributed by atoms with E-state index < -0.39 is 6.04 Å². The molecule has 1 aromatic heterocycles. The van der Waals surface area contributed by atoms with Crippen LogP contribution in [-0.2, 0) is 29.0 Å². The number of phenols is 1. The highest BCUT2D eigenvalue weighted by Crippen LogP contribution is 2.47. The van der Waals surface area contributed by atoms with Gasteiger partial charge in [-0.25, -0.2) is 0 Å². The van der Waals surface area contributed by atoms with Crippen molar-refractivity contribution < 1.29 is 24.2 Å². The van der Waals surface area contributed by atoms with Crippen LogP contribution < -0.4 is 4.74 Å². The molecule has 5 aromatic carbocycles. The molecule has 2 aliphatic carbocycles. The van der Waals surface area contributed by atoms with Gasteiger partial charge in [-0.2, -0.15) is 0 Å². The number of nitrogens with one attached hydrogen (secondary N) is 1. The number of Topliss-reactive ketones (excluding diaryl/α,β-unsaturated/α-hetero) is 2. The van der Waals surface area contributed by atoms with Crippen molar-refractivity contribution in [2.75, 3.05) is 6.61 Å². The van der Waals surface area contributed by atoms with E-state index >= 15 is 0 Å². The fraction of sp³-hybridized carbons (Fsp3) is 0.286. The molecule has 2 heterocycles. The van der Waals surface area contributed by atoms with E-state index in [1.54, 1.807) is 4.90 Å². The van der Waals surface area contributed by atoms with Crippen LogP contribution >= 0.6 is 0 Å². The van der Waals surface area contributed by atoms with Gasteiger partial charge in [-0.15, -0.1) is 0 Å². The second-order valence-corrected chi connectivity index (χ2v) is 15.8. The van der Waals surface area contributed by atoms with Crippen LogP contribution in [0.25, 0.3) is 22.0 Å². The van der Waals surface area contributed by atoms with Crippen molar-refractivity contribution >= 4 is 28.4 Å². The normalized spacial score (nSPS) is 19.3. The van der Waals surface area contributed by atoms with Crippen molar-refractivity contribution in [2.24, 2.45) is 0 Å². The zero-order chi connectivity index (χ0) is 38.2. The molecule has 0 radical (unpaired) electrons. The SMILES string of the molecule is O=C1CC[C@H](N2Cc3cc(-c4ccc5[nH]cc(CCCCCOc6ccc([C@@H]7c8ccc(O)cc8CC[C@@H]7c7ccccc7)cc6)c5c4)ccc3C2=O)C(=O)C1. The number of phenolic OH excluding ortho intramolecular Hbond substituents is 1. The van der Waals surface area contributed by atoms with Gasteiger partial charge < -0.3 is 19.7 Å². The fourth-order valence-corrected chi connectivity index (χ4v) is 9.36. The molecule has 1 fully saturated rings. The molecular weight excluding hydrogens is 697 g/mol. The van der Waals surface area contributed by atoms with Crippen LogP contribution in [0.15, 0.2) is 115 Å². The molecule has 0 bridgehead atoms. The van der Waals surface area contributed by atoms with Crippen LogP contribution in [0.5, 0.6) is 11.5 Å². The Kier molecular flexibility index (Phi) is 9.76. The number of aromatic hydroxyl groups is 1. The van der Waals surface area contributed by atoms with Crippen molar-refractivity contribution in [3.63, 3.8) is 0 Å². The van der Waals surface area contributed by atoms with E-state index in [2.05, 4.69) is 96.1 Å². The Morgan fingerprint density at radius 2 is 1.57 bits per heavy atom. The number of aryl methyl sites for hydroxylation is 2. The first-order valence-electron chi connectivity index (χ1n) is 20.1. The minimum Gasteiger partial charge on any atom is -0.508 e. The van der Waals surface area contributed by atoms with E-state index in [1.807, 2.05) is 24.3 Å². The lowest BCUT2D eigenvalue weighted by Gasteiger charge is -2.34. The molecule has 7 nitrogen and oxygen atoms in total. The van der Waals surface area contributed by atoms with Crippen LogP contribution in [0.4, 0.5) is 0 Å². The maximum Gasteiger partial charge on any atom is 0.255 e. The smallest absolute Gasteiger partial charge is 0.255 e. The molecule has 282 valence electrons. The standard InChI is InChI=1S/C49H46N2O5/c52-38-15-21-42-35(26-38)13-19-41(31-7-3-1-4-8-31)48(42)32-10-17-40(18-11-32)56-24-6-2-5-9-36-29-50-45-22-14-34(27-44(36)45)33-12-20-43-37(25-33)30-51(49(43)55)46-23-16-39(53)28-47(46)54/h1,3-4,7-8,10-12,14-15,17-18,20-22,25-27,29,41,46,48,50,52H,2,5-6,9,13,16,19,23-24,28,30H2/t41-,46+,48+/m1/s1. The molecule has 56 heavy (non-hydrogen) atoms. The zero-order valence-corrected chi connectivity index (χ0v) is 31.5. The number of hydrogen-bond donors (Lipinski definition) is 2. The number of unbranched alkanes of at least 4 members (excludes halogenated alkanes) is 2. The van der Waals surface area contributed by atoms with Gasteiger partial charge in [0.1, 0.15) is 17.3 Å². The summed E-state index contributed by atoms with van der Waals surface area (Å²) in [7, 11) is 0. The molecule has 6 aromatic rings. The molecular formula is C49H46N2O5. The van der Waals surface area contributed by atoms with E-state index in [4.69, 9.17) is 4.74 Å². The Bertz CT molecular complexity index is 2430. The van der Waals surface area contributed by atoms with Crippen molar-refractivity contribution in [1.29, 1.82) is 0 Å². The van der Waals surface area contributed by atoms with Crippen molar-refractivity contribution in [3.05, 3.63) is 154 Å². The highest BCUT2D eigenvalue weighted by molar-refractivity contribution is 6.07. The van der Waals surface area contributed by atoms with Gasteiger partial charge in [0.05, 0.1) is 19.1 Å². The van der Waals surface area contributed by atoms with Crippen LogP contribution in [0, 0.1) is 0 Å². The van der Waals surface area contributed by atoms with Crippen LogP contribution in [0.3, 0.4) is 0 Å². The average Bonchev–Trinajstić information content (AvgIpc) is 3.78. The molecule has 1 aliphatic heterocycles. The van der Waals surface area contributed by atoms with Gasteiger partial charge in [-0.3, -0.25) is 14.4 Å². The second-order valence-electron chi connectivity index (χ2n) is 15.8. The minimum atomic E-state index is -0.509. The highest BCUT2D eigenvalue weighted by Gasteiger charge is 2.39. The number of benzene rings is 5. The van der Waals surface area contributed by atoms with Gasteiger partial charge in [-0.1, -0.05) is 60.7 Å². The highest BCUT2D eigenvalue weighted by atomic mass is 16.5. The van der Waals surface area contributed by atoms with Crippen LogP contribution in [-0.4, -0.2) is 45.1 Å². The molecule has 1 amide bonds. The number of aromatic nitrogens is 1. The van der Waals surface area contributed by atoms with Gasteiger partial charge in [0.15, 0.2) is 5.78 Å². The first kappa shape index (κ1) is 35.7. The van der Waals surface area contributed by atoms with Gasteiger partial charge in [0.25, 0.3) is 5.91 Å². The Morgan fingerprint density at radius 3 is 2.41 bits per heavy atom. The first-order chi connectivity index (χ1) is 27.4. The number of hydrogen-bond acceptors (Lipinski definition) is 5. The largest absolute Gasteiger partial charge is 0.508 e. The Morgan fingerprint density at radius 1 is 0.750 bits per heavy atom. The van der Waals surface area contributed by atoms with E-state index in [-0.39, 0.29) is 29.8 Å². The third-order valence-corrected chi connectivity index (χ3v) is 12.3. The lowest BCUT2D eigenvalue weighted by Crippen LogP contribution is -2.44. The monoisotopic (exact) mass is 742 g/mol. The molecule has 0 spiro atoms. The van der Waals surface area contributed by atoms with Crippen molar-refractivity contribution in [2.45, 2.75) is 82.2 Å². The number of fused-ring (bicyclic) bond motifs is 3. The van der Waals surface area contributed by atoms with Gasteiger partial charge >= 0.3 is 0 Å². The lowest BCUT2D eigenvalue weighted by atomic mass is 9.69. The number of amides is 1. The molecule has 2 N–H and O–H groups in total. The predicted octanol–water partition coefficient (Wildman–Crippen LogP) is 9.84. The summed E-state index contributed by atoms with van der Waals surface area (Å²) in [5, 5.41) is 11.4. The molecule has 3 atom stereocenters. The lowest BCUT2D eigenvalue weighted by molar-refractivity contribution is -0.133. The number of rotatable bonds is 11. The number of H-pyrrole nitrogens is 1. The second kappa shape index (κ2) is 15.3. The fourth-order valence-electron chi connectivity index (χ4n) is 9.36. The van der Waals surface area contributed by atoms with Crippen LogP contribution in [0.1, 0.15) is 101 Å². The molecule has 0 unspecified atom stereocenters. The molecule has 0 saturated heterocycles. The maximum atomic E-state index is 13.2. The van der Waals surface area contributed by atoms with Gasteiger partial charge in [0.2, 0.25) is 0 Å². The Balaban J connectivity index is 0.799. The summed E-state index contributed by atoms with van der Waals surface area (Å²) in [6, 6.07) is 37.2. The molecule has 7 heteroatoms. The number of ether oxygens (including phenoxy) is 1. The quantitative estimate of drug-likeness (QED) is 0.102. The molecule has 3 aliphatic rings. The van der Waals surface area contributed by atoms with E-state index in [1.165, 1.54) is 33.2 Å². The summed E-state index contributed by atoms with van der Waals surface area (Å²) in [5.74, 6) is 1.51. The number of nitrogens with zero attached hydrogens (tertiary/aromatic N) is 1. The summed E-state index contributed by atoms with van der Waals surface area (Å²) in [4.78, 5) is 42.7. The number of aromatic amines is 1. The Hall–Kier alpha value is -5.95. The topological polar surface area (TPSA) is 99.7 Å². The zero-order valence-electron chi connectivity index (χ0n) is 31.5. The Labute approximate surface area is 327 Å². The van der Waals surface area contributed by atoms with Gasteiger partial charge in [-0.05, 0) is 144 Å². The minimum absolute atomic E-state index is 0.0349. The van der Waals surface area contributed by atoms with Crippen molar-refractivity contribution in [3.8, 4) is 22.6 Å². The summed E-state index contributed by atoms with van der Waals surface area (Å²) < 4.78 is 6.21. The number of carbonyl (C=O) groups excluding carboxylic acids is 3. The van der Waals surface area contributed by atoms with Crippen LogP contribution in [0.2, 0.25) is 0 Å². The van der Waals surface area contributed by atoms with E-state index in [0.717, 1.165) is 66.5 Å². The van der Waals surface area contributed by atoms with E-state index in [9.17, 15) is 19.5 Å². The molecule has 1 saturated carbocycles. The summed E-state index contributed by atoms with van der Waals surface area (Å²) in [6.07, 6.45) is 8.86. The average molecular weight is 743 g/mol. The number of ketones is 2. The summed E-state index contributed by atoms with van der Waals surface area (Å²) in [6.45, 7) is 1.07. The van der Waals surface area contributed by atoms with Gasteiger partial charge in [0, 0.05) is 41.5 Å². The molecule has 9 rings (SSSR count). The maximum absolute atomic E-state index is 13.2. The third-order valence-electron chi connectivity index (χ3n) is 12.3.